The first-order chi connectivity index (χ1) is 14.0. The Hall–Kier alpha value is -1.48. The Balaban J connectivity index is 1.36. The molecule has 2 aromatic rings. The number of nitrogens with zero attached hydrogens (tertiary/aromatic N) is 2. The second-order valence-electron chi connectivity index (χ2n) is 7.81. The Morgan fingerprint density at radius 2 is 2.07 bits per heavy atom. The van der Waals surface area contributed by atoms with Crippen molar-refractivity contribution in [3.63, 3.8) is 0 Å². The lowest BCUT2D eigenvalue weighted by Crippen LogP contribution is -2.46. The maximum absolute atomic E-state index is 12.8. The monoisotopic (exact) mass is 452 g/mol. The van der Waals surface area contributed by atoms with E-state index in [1.54, 1.807) is 12.1 Å². The number of fused-ring (bicyclic) bond motifs is 1. The van der Waals surface area contributed by atoms with E-state index in [-0.39, 0.29) is 23.8 Å². The van der Waals surface area contributed by atoms with Gasteiger partial charge in [0.05, 0.1) is 14.9 Å². The topological polar surface area (TPSA) is 74.3 Å². The van der Waals surface area contributed by atoms with E-state index in [1.165, 1.54) is 27.6 Å². The van der Waals surface area contributed by atoms with Gasteiger partial charge in [-0.3, -0.25) is 9.59 Å². The predicted octanol–water partition coefficient (Wildman–Crippen LogP) is 3.56. The van der Waals surface area contributed by atoms with Crippen LogP contribution in [0.4, 0.5) is 0 Å². The molecular formula is C20H25ClN4O2S2. The van der Waals surface area contributed by atoms with Crippen molar-refractivity contribution in [2.45, 2.75) is 44.7 Å². The molecule has 4 rings (SSSR count). The lowest BCUT2D eigenvalue weighted by atomic mass is 9.84. The van der Waals surface area contributed by atoms with Gasteiger partial charge in [0.15, 0.2) is 5.01 Å². The summed E-state index contributed by atoms with van der Waals surface area (Å²) >= 11 is 8.71. The van der Waals surface area contributed by atoms with Crippen LogP contribution in [-0.4, -0.2) is 47.9 Å². The zero-order valence-electron chi connectivity index (χ0n) is 16.4. The van der Waals surface area contributed by atoms with E-state index in [0.717, 1.165) is 50.9 Å². The van der Waals surface area contributed by atoms with Gasteiger partial charge in [0.2, 0.25) is 0 Å². The van der Waals surface area contributed by atoms with E-state index < -0.39 is 0 Å². The standard InChI is InChI=1S/C20H25ClN4O2S2/c1-25-9-8-14-16(11-25)29-20(24-14)19(27)23-13-5-3-2-4-12(13)10-22-18(26)15-6-7-17(21)28-15/h6-7,12-13H,2-5,8-11H2,1H3,(H,22,26)(H,23,27)/t12-,13-/m1/s1. The number of amides is 2. The highest BCUT2D eigenvalue weighted by Gasteiger charge is 2.29. The molecule has 0 aromatic carbocycles. The number of nitrogens with one attached hydrogen (secondary N) is 2. The van der Waals surface area contributed by atoms with E-state index >= 15 is 0 Å². The molecule has 1 aliphatic heterocycles. The minimum Gasteiger partial charge on any atom is -0.351 e. The third-order valence-corrected chi connectivity index (χ3v) is 7.97. The zero-order valence-corrected chi connectivity index (χ0v) is 18.8. The molecule has 2 amide bonds. The largest absolute Gasteiger partial charge is 0.351 e. The normalized spacial score (nSPS) is 22.1. The van der Waals surface area contributed by atoms with Gasteiger partial charge in [-0.1, -0.05) is 24.4 Å². The summed E-state index contributed by atoms with van der Waals surface area (Å²) in [5.41, 5.74) is 1.07. The molecule has 1 fully saturated rings. The third-order valence-electron chi connectivity index (χ3n) is 5.66. The molecule has 0 spiro atoms. The highest BCUT2D eigenvalue weighted by molar-refractivity contribution is 7.18. The van der Waals surface area contributed by atoms with Crippen LogP contribution in [0.3, 0.4) is 0 Å². The number of hydrogen-bond donors (Lipinski definition) is 2. The number of rotatable bonds is 5. The molecular weight excluding hydrogens is 428 g/mol. The van der Waals surface area contributed by atoms with Crippen molar-refractivity contribution in [1.29, 1.82) is 0 Å². The SMILES string of the molecule is CN1CCc2nc(C(=O)N[C@@H]3CCCC[C@@H]3CNC(=O)c3ccc(Cl)s3)sc2C1. The van der Waals surface area contributed by atoms with Gasteiger partial charge in [0.25, 0.3) is 11.8 Å². The lowest BCUT2D eigenvalue weighted by Gasteiger charge is -2.32. The van der Waals surface area contributed by atoms with E-state index in [1.807, 2.05) is 0 Å². The molecule has 6 nitrogen and oxygen atoms in total. The zero-order chi connectivity index (χ0) is 20.4. The fourth-order valence-electron chi connectivity index (χ4n) is 4.04. The molecule has 9 heteroatoms. The molecule has 0 bridgehead atoms. The first kappa shape index (κ1) is 20.8. The molecule has 2 aliphatic rings. The summed E-state index contributed by atoms with van der Waals surface area (Å²) in [6.45, 7) is 2.40. The fourth-order valence-corrected chi connectivity index (χ4v) is 6.09. The van der Waals surface area contributed by atoms with Gasteiger partial charge in [-0.05, 0) is 37.9 Å². The molecule has 1 aliphatic carbocycles. The molecule has 29 heavy (non-hydrogen) atoms. The van der Waals surface area contributed by atoms with Crippen LogP contribution in [-0.2, 0) is 13.0 Å². The highest BCUT2D eigenvalue weighted by Crippen LogP contribution is 2.27. The number of likely N-dealkylation sites (N-methyl/N-ethyl adjacent to an activating group) is 1. The summed E-state index contributed by atoms with van der Waals surface area (Å²) < 4.78 is 0.607. The molecule has 2 N–H and O–H groups in total. The maximum Gasteiger partial charge on any atom is 0.280 e. The summed E-state index contributed by atoms with van der Waals surface area (Å²) in [7, 11) is 2.09. The Bertz CT molecular complexity index is 897. The summed E-state index contributed by atoms with van der Waals surface area (Å²) in [6, 6.07) is 3.53. The molecule has 156 valence electrons. The highest BCUT2D eigenvalue weighted by atomic mass is 35.5. The van der Waals surface area contributed by atoms with E-state index in [0.29, 0.717) is 20.8 Å². The predicted molar refractivity (Wildman–Crippen MR) is 117 cm³/mol. The van der Waals surface area contributed by atoms with Crippen LogP contribution in [0.25, 0.3) is 0 Å². The van der Waals surface area contributed by atoms with Crippen molar-refractivity contribution in [3.05, 3.63) is 36.9 Å². The number of aromatic nitrogens is 1. The fraction of sp³-hybridized carbons (Fsp3) is 0.550. The van der Waals surface area contributed by atoms with Crippen LogP contribution in [0.5, 0.6) is 0 Å². The van der Waals surface area contributed by atoms with Crippen LogP contribution >= 0.6 is 34.3 Å². The Labute approximate surface area is 183 Å². The van der Waals surface area contributed by atoms with Crippen molar-refractivity contribution < 1.29 is 9.59 Å². The van der Waals surface area contributed by atoms with Gasteiger partial charge in [-0.15, -0.1) is 22.7 Å². The van der Waals surface area contributed by atoms with Gasteiger partial charge in [0.1, 0.15) is 0 Å². The number of carbonyl (C=O) groups excluding carboxylic acids is 2. The van der Waals surface area contributed by atoms with E-state index in [2.05, 4.69) is 27.6 Å². The van der Waals surface area contributed by atoms with Crippen LogP contribution < -0.4 is 10.6 Å². The first-order valence-corrected chi connectivity index (χ1v) is 12.0. The van der Waals surface area contributed by atoms with Crippen LogP contribution in [0.15, 0.2) is 12.1 Å². The van der Waals surface area contributed by atoms with Gasteiger partial charge in [-0.2, -0.15) is 0 Å². The molecule has 3 heterocycles. The second kappa shape index (κ2) is 9.12. The number of thiazole rings is 1. The first-order valence-electron chi connectivity index (χ1n) is 10.0. The molecule has 0 saturated heterocycles. The minimum atomic E-state index is -0.103. The Kier molecular flexibility index (Phi) is 6.53. The van der Waals surface area contributed by atoms with E-state index in [4.69, 9.17) is 11.6 Å². The third kappa shape index (κ3) is 4.99. The molecule has 0 unspecified atom stereocenters. The van der Waals surface area contributed by atoms with Gasteiger partial charge >= 0.3 is 0 Å². The number of hydrogen-bond acceptors (Lipinski definition) is 6. The van der Waals surface area contributed by atoms with Gasteiger partial charge in [0, 0.05) is 37.0 Å². The van der Waals surface area contributed by atoms with E-state index in [9.17, 15) is 9.59 Å². The maximum atomic E-state index is 12.8. The molecule has 2 aromatic heterocycles. The lowest BCUT2D eigenvalue weighted by molar-refractivity contribution is 0.0895. The average molecular weight is 453 g/mol. The van der Waals surface area contributed by atoms with Crippen LogP contribution in [0.2, 0.25) is 4.34 Å². The Morgan fingerprint density at radius 3 is 2.86 bits per heavy atom. The number of thiophene rings is 1. The number of carbonyl (C=O) groups is 2. The summed E-state index contributed by atoms with van der Waals surface area (Å²) in [5.74, 6) is 0.0439. The molecule has 2 atom stereocenters. The molecule has 0 radical (unpaired) electrons. The van der Waals surface area contributed by atoms with Crippen molar-refractivity contribution in [2.75, 3.05) is 20.1 Å². The number of halogens is 1. The average Bonchev–Trinajstić information content (AvgIpc) is 3.33. The van der Waals surface area contributed by atoms with Crippen molar-refractivity contribution in [2.24, 2.45) is 5.92 Å². The molecule has 1 saturated carbocycles. The Morgan fingerprint density at radius 1 is 1.24 bits per heavy atom. The van der Waals surface area contributed by atoms with Crippen molar-refractivity contribution >= 4 is 46.1 Å². The van der Waals surface area contributed by atoms with Crippen LogP contribution in [0.1, 0.15) is 55.7 Å². The smallest absolute Gasteiger partial charge is 0.280 e. The van der Waals surface area contributed by atoms with Crippen molar-refractivity contribution in [1.82, 2.24) is 20.5 Å². The second-order valence-corrected chi connectivity index (χ2v) is 10.6. The quantitative estimate of drug-likeness (QED) is 0.727. The minimum absolute atomic E-state index is 0.0621. The summed E-state index contributed by atoms with van der Waals surface area (Å²) in [4.78, 5) is 33.8. The van der Waals surface area contributed by atoms with Crippen molar-refractivity contribution in [3.8, 4) is 0 Å². The van der Waals surface area contributed by atoms with Crippen LogP contribution in [0, 0.1) is 5.92 Å². The van der Waals surface area contributed by atoms with Gasteiger partial charge in [-0.25, -0.2) is 4.98 Å². The summed E-state index contributed by atoms with van der Waals surface area (Å²) in [6.07, 6.45) is 5.05. The summed E-state index contributed by atoms with van der Waals surface area (Å²) in [5, 5.41) is 6.77. The van der Waals surface area contributed by atoms with Gasteiger partial charge < -0.3 is 15.5 Å².